The van der Waals surface area contributed by atoms with Gasteiger partial charge in [-0.2, -0.15) is 0 Å². The number of hydrogen-bond acceptors (Lipinski definition) is 3. The van der Waals surface area contributed by atoms with E-state index in [9.17, 15) is 4.79 Å². The van der Waals surface area contributed by atoms with Gasteiger partial charge < -0.3 is 10.6 Å². The van der Waals surface area contributed by atoms with E-state index in [1.54, 1.807) is 0 Å². The van der Waals surface area contributed by atoms with Crippen molar-refractivity contribution in [2.75, 3.05) is 6.54 Å². The molecule has 2 rings (SSSR count). The van der Waals surface area contributed by atoms with Crippen molar-refractivity contribution in [1.29, 1.82) is 0 Å². The molecule has 1 heterocycles. The van der Waals surface area contributed by atoms with Gasteiger partial charge in [0.25, 0.3) is 0 Å². The number of amides is 1. The molecule has 0 aromatic heterocycles. The second-order valence-electron chi connectivity index (χ2n) is 7.27. The topological polar surface area (TPSA) is 44.4 Å². The van der Waals surface area contributed by atoms with Gasteiger partial charge in [0.1, 0.15) is 0 Å². The van der Waals surface area contributed by atoms with Crippen molar-refractivity contribution in [3.63, 3.8) is 0 Å². The second-order valence-corrected chi connectivity index (χ2v) is 7.27. The van der Waals surface area contributed by atoms with Crippen LogP contribution in [0.1, 0.15) is 45.2 Å². The average molecular weight is 317 g/mol. The molecule has 0 unspecified atom stereocenters. The normalized spacial score (nSPS) is 22.0. The highest BCUT2D eigenvalue weighted by molar-refractivity contribution is 5.82. The number of aryl methyl sites for hydroxylation is 1. The zero-order valence-electron chi connectivity index (χ0n) is 15.1. The Hall–Kier alpha value is -1.39. The standard InChI is InChI=1S/C19H31N3O/c1-13(2)21-19(23)18-10-17(12-22(18)14(3)4)20-11-16-8-6-7-15(5)9-16/h6-9,13-14,17-18,20H,10-12H2,1-5H3,(H,21,23)/t17-,18+/m1/s1. The van der Waals surface area contributed by atoms with Gasteiger partial charge in [0, 0.05) is 31.2 Å². The lowest BCUT2D eigenvalue weighted by Gasteiger charge is -2.27. The molecule has 1 saturated heterocycles. The van der Waals surface area contributed by atoms with Crippen molar-refractivity contribution in [2.45, 2.75) is 71.8 Å². The maximum absolute atomic E-state index is 12.5. The van der Waals surface area contributed by atoms with E-state index in [4.69, 9.17) is 0 Å². The molecule has 1 aliphatic rings. The molecular weight excluding hydrogens is 286 g/mol. The van der Waals surface area contributed by atoms with Crippen LogP contribution in [0.5, 0.6) is 0 Å². The van der Waals surface area contributed by atoms with Crippen LogP contribution in [0.15, 0.2) is 24.3 Å². The summed E-state index contributed by atoms with van der Waals surface area (Å²) in [5, 5.41) is 6.69. The minimum atomic E-state index is -0.0209. The number of likely N-dealkylation sites (tertiary alicyclic amines) is 1. The zero-order valence-corrected chi connectivity index (χ0v) is 15.1. The first-order valence-electron chi connectivity index (χ1n) is 8.72. The van der Waals surface area contributed by atoms with Crippen LogP contribution in [-0.2, 0) is 11.3 Å². The zero-order chi connectivity index (χ0) is 17.0. The Morgan fingerprint density at radius 1 is 1.30 bits per heavy atom. The van der Waals surface area contributed by atoms with Crippen molar-refractivity contribution in [3.8, 4) is 0 Å². The van der Waals surface area contributed by atoms with Gasteiger partial charge in [0.15, 0.2) is 0 Å². The van der Waals surface area contributed by atoms with E-state index in [0.717, 1.165) is 19.5 Å². The van der Waals surface area contributed by atoms with Gasteiger partial charge in [-0.15, -0.1) is 0 Å². The summed E-state index contributed by atoms with van der Waals surface area (Å²) in [5.74, 6) is 0.161. The third-order valence-corrected chi connectivity index (χ3v) is 4.41. The van der Waals surface area contributed by atoms with Crippen molar-refractivity contribution in [1.82, 2.24) is 15.5 Å². The second kappa shape index (κ2) is 7.93. The molecule has 0 bridgehead atoms. The van der Waals surface area contributed by atoms with Gasteiger partial charge in [0.05, 0.1) is 6.04 Å². The van der Waals surface area contributed by atoms with E-state index in [2.05, 4.69) is 60.6 Å². The summed E-state index contributed by atoms with van der Waals surface area (Å²) in [4.78, 5) is 14.8. The van der Waals surface area contributed by atoms with Gasteiger partial charge in [-0.05, 0) is 46.6 Å². The van der Waals surface area contributed by atoms with Crippen LogP contribution in [0, 0.1) is 6.92 Å². The van der Waals surface area contributed by atoms with Gasteiger partial charge in [-0.1, -0.05) is 29.8 Å². The Morgan fingerprint density at radius 2 is 2.04 bits per heavy atom. The summed E-state index contributed by atoms with van der Waals surface area (Å²) in [6.07, 6.45) is 0.878. The Labute approximate surface area is 140 Å². The maximum Gasteiger partial charge on any atom is 0.237 e. The minimum Gasteiger partial charge on any atom is -0.353 e. The van der Waals surface area contributed by atoms with Crippen LogP contribution < -0.4 is 10.6 Å². The molecule has 1 aromatic carbocycles. The number of carbonyl (C=O) groups excluding carboxylic acids is 1. The highest BCUT2D eigenvalue weighted by Crippen LogP contribution is 2.21. The summed E-state index contributed by atoms with van der Waals surface area (Å²) in [6.45, 7) is 12.3. The molecule has 1 aromatic rings. The van der Waals surface area contributed by atoms with Crippen LogP contribution in [0.25, 0.3) is 0 Å². The molecule has 0 saturated carbocycles. The SMILES string of the molecule is Cc1cccc(CN[C@@H]2C[C@@H](C(=O)NC(C)C)N(C(C)C)C2)c1. The fourth-order valence-electron chi connectivity index (χ4n) is 3.30. The van der Waals surface area contributed by atoms with Crippen molar-refractivity contribution >= 4 is 5.91 Å². The summed E-state index contributed by atoms with van der Waals surface area (Å²) >= 11 is 0. The van der Waals surface area contributed by atoms with E-state index in [1.807, 2.05) is 13.8 Å². The number of hydrogen-bond donors (Lipinski definition) is 2. The molecule has 2 N–H and O–H groups in total. The molecule has 4 heteroatoms. The summed E-state index contributed by atoms with van der Waals surface area (Å²) in [6, 6.07) is 9.49. The van der Waals surface area contributed by atoms with Crippen molar-refractivity contribution in [2.24, 2.45) is 0 Å². The number of benzene rings is 1. The number of nitrogens with zero attached hydrogens (tertiary/aromatic N) is 1. The highest BCUT2D eigenvalue weighted by atomic mass is 16.2. The van der Waals surface area contributed by atoms with Gasteiger partial charge in [-0.3, -0.25) is 9.69 Å². The minimum absolute atomic E-state index is 0.0209. The quantitative estimate of drug-likeness (QED) is 0.847. The van der Waals surface area contributed by atoms with E-state index in [-0.39, 0.29) is 18.0 Å². The Kier molecular flexibility index (Phi) is 6.19. The first-order chi connectivity index (χ1) is 10.9. The lowest BCUT2D eigenvalue weighted by atomic mass is 10.1. The van der Waals surface area contributed by atoms with Crippen LogP contribution in [0.3, 0.4) is 0 Å². The molecule has 0 spiro atoms. The summed E-state index contributed by atoms with van der Waals surface area (Å²) in [5.41, 5.74) is 2.59. The first-order valence-corrected chi connectivity index (χ1v) is 8.72. The van der Waals surface area contributed by atoms with E-state index >= 15 is 0 Å². The lowest BCUT2D eigenvalue weighted by molar-refractivity contribution is -0.126. The van der Waals surface area contributed by atoms with Crippen LogP contribution in [0.2, 0.25) is 0 Å². The van der Waals surface area contributed by atoms with E-state index < -0.39 is 0 Å². The van der Waals surface area contributed by atoms with E-state index in [1.165, 1.54) is 11.1 Å². The van der Waals surface area contributed by atoms with E-state index in [0.29, 0.717) is 12.1 Å². The smallest absolute Gasteiger partial charge is 0.237 e. The fourth-order valence-corrected chi connectivity index (χ4v) is 3.30. The van der Waals surface area contributed by atoms with Crippen LogP contribution in [-0.4, -0.2) is 41.5 Å². The Bertz CT molecular complexity index is 527. The molecule has 2 atom stereocenters. The van der Waals surface area contributed by atoms with Gasteiger partial charge in [0.2, 0.25) is 5.91 Å². The van der Waals surface area contributed by atoms with Crippen molar-refractivity contribution in [3.05, 3.63) is 35.4 Å². The largest absolute Gasteiger partial charge is 0.353 e. The molecular formula is C19H31N3O. The highest BCUT2D eigenvalue weighted by Gasteiger charge is 2.37. The predicted octanol–water partition coefficient (Wildman–Crippen LogP) is 2.46. The molecule has 1 aliphatic heterocycles. The molecule has 1 fully saturated rings. The third-order valence-electron chi connectivity index (χ3n) is 4.41. The number of nitrogens with one attached hydrogen (secondary N) is 2. The van der Waals surface area contributed by atoms with Crippen LogP contribution in [0.4, 0.5) is 0 Å². The van der Waals surface area contributed by atoms with Gasteiger partial charge >= 0.3 is 0 Å². The average Bonchev–Trinajstić information content (AvgIpc) is 2.89. The monoisotopic (exact) mass is 317 g/mol. The molecule has 128 valence electrons. The molecule has 1 amide bonds. The summed E-state index contributed by atoms with van der Waals surface area (Å²) < 4.78 is 0. The maximum atomic E-state index is 12.5. The van der Waals surface area contributed by atoms with Crippen LogP contribution >= 0.6 is 0 Å². The Morgan fingerprint density at radius 3 is 2.65 bits per heavy atom. The summed E-state index contributed by atoms with van der Waals surface area (Å²) in [7, 11) is 0. The number of rotatable bonds is 6. The molecule has 23 heavy (non-hydrogen) atoms. The number of carbonyl (C=O) groups is 1. The van der Waals surface area contributed by atoms with Crippen molar-refractivity contribution < 1.29 is 4.79 Å². The fraction of sp³-hybridized carbons (Fsp3) is 0.632. The first kappa shape index (κ1) is 18.0. The third kappa shape index (κ3) is 5.05. The Balaban J connectivity index is 1.95. The van der Waals surface area contributed by atoms with Gasteiger partial charge in [-0.25, -0.2) is 0 Å². The molecule has 0 aliphatic carbocycles. The predicted molar refractivity (Wildman–Crippen MR) is 95.3 cm³/mol. The molecule has 0 radical (unpaired) electrons. The molecule has 4 nitrogen and oxygen atoms in total. The lowest BCUT2D eigenvalue weighted by Crippen LogP contribution is -2.47.